The third-order valence-electron chi connectivity index (χ3n) is 4.56. The van der Waals surface area contributed by atoms with Gasteiger partial charge < -0.3 is 5.32 Å². The molecule has 1 aromatic heterocycles. The Morgan fingerprint density at radius 1 is 1.03 bits per heavy atom. The zero-order chi connectivity index (χ0) is 24.5. The van der Waals surface area contributed by atoms with Crippen molar-refractivity contribution in [2.75, 3.05) is 10.0 Å². The molecule has 0 spiro atoms. The molecule has 3 aromatic carbocycles. The topological polar surface area (TPSA) is 106 Å². The quantitative estimate of drug-likeness (QED) is 0.298. The first-order chi connectivity index (χ1) is 16.1. The number of halogens is 3. The van der Waals surface area contributed by atoms with Gasteiger partial charge in [0.05, 0.1) is 16.3 Å². The summed E-state index contributed by atoms with van der Waals surface area (Å²) in [5.74, 6) is -1.24. The minimum absolute atomic E-state index is 0.00453. The molecule has 0 aliphatic rings. The van der Waals surface area contributed by atoms with Crippen molar-refractivity contribution in [2.24, 2.45) is 0 Å². The Bertz CT molecular complexity index is 1480. The van der Waals surface area contributed by atoms with Crippen LogP contribution in [0.5, 0.6) is 0 Å². The number of nitrogens with zero attached hydrogens (tertiary/aromatic N) is 3. The average Bonchev–Trinajstić information content (AvgIpc) is 3.23. The first-order valence-corrected chi connectivity index (χ1v) is 12.1. The molecule has 0 radical (unpaired) electrons. The summed E-state index contributed by atoms with van der Waals surface area (Å²) in [7, 11) is -4.28. The van der Waals surface area contributed by atoms with Crippen molar-refractivity contribution in [1.29, 1.82) is 0 Å². The van der Waals surface area contributed by atoms with Crippen LogP contribution < -0.4 is 10.0 Å². The third-order valence-corrected chi connectivity index (χ3v) is 7.02. The number of aromatic nitrogens is 3. The molecule has 0 aliphatic carbocycles. The predicted octanol–water partition coefficient (Wildman–Crippen LogP) is 5.06. The van der Waals surface area contributed by atoms with Crippen molar-refractivity contribution in [1.82, 2.24) is 14.8 Å². The average molecular weight is 538 g/mol. The second kappa shape index (κ2) is 9.63. The fraction of sp³-hybridized carbons (Fsp3) is 0. The van der Waals surface area contributed by atoms with Crippen LogP contribution in [-0.4, -0.2) is 29.1 Å². The van der Waals surface area contributed by atoms with Crippen LogP contribution in [0.25, 0.3) is 5.69 Å². The molecule has 34 heavy (non-hydrogen) atoms. The number of nitrogens with one attached hydrogen (secondary N) is 2. The largest absolute Gasteiger partial charge is 0.322 e. The van der Waals surface area contributed by atoms with Crippen molar-refractivity contribution in [2.45, 2.75) is 9.79 Å². The van der Waals surface area contributed by atoms with E-state index in [2.05, 4.69) is 32.9 Å². The lowest BCUT2D eigenvalue weighted by Gasteiger charge is -2.13. The highest BCUT2D eigenvalue weighted by Crippen LogP contribution is 2.30. The fourth-order valence-corrected chi connectivity index (χ4v) is 5.04. The van der Waals surface area contributed by atoms with E-state index in [9.17, 15) is 17.6 Å². The number of hydrogen-bond acceptors (Lipinski definition) is 6. The molecule has 0 saturated carbocycles. The standard InChI is InChI=1S/C21H14Cl2FN5O3S2/c22-12-1-5-14(6-2-12)26-20(30)16-9-19(18(33)10-17(16)23)34(31,32)28-21-27-25-11-29(21)15-7-3-13(24)4-8-15/h1-11,33H,(H,26,30)(H,27,28). The maximum atomic E-state index is 13.2. The number of amides is 1. The molecule has 2 N–H and O–H groups in total. The predicted molar refractivity (Wildman–Crippen MR) is 130 cm³/mol. The van der Waals surface area contributed by atoms with Gasteiger partial charge in [0.15, 0.2) is 0 Å². The molecule has 8 nitrogen and oxygen atoms in total. The minimum Gasteiger partial charge on any atom is -0.322 e. The number of carbonyl (C=O) groups excluding carboxylic acids is 1. The Morgan fingerprint density at radius 3 is 2.38 bits per heavy atom. The number of carbonyl (C=O) groups is 1. The summed E-state index contributed by atoms with van der Waals surface area (Å²) in [5.41, 5.74) is 0.777. The molecule has 1 heterocycles. The number of sulfonamides is 1. The third kappa shape index (κ3) is 5.17. The zero-order valence-electron chi connectivity index (χ0n) is 16.9. The van der Waals surface area contributed by atoms with Crippen molar-refractivity contribution in [3.05, 3.63) is 88.4 Å². The SMILES string of the molecule is O=C(Nc1ccc(Cl)cc1)c1cc(S(=O)(=O)Nc2nncn2-c2ccc(F)cc2)c(S)cc1Cl. The smallest absolute Gasteiger partial charge is 0.265 e. The number of hydrogen-bond donors (Lipinski definition) is 3. The van der Waals surface area contributed by atoms with Crippen molar-refractivity contribution >= 4 is 63.4 Å². The van der Waals surface area contributed by atoms with Crippen molar-refractivity contribution in [3.8, 4) is 5.69 Å². The van der Waals surface area contributed by atoms with Crippen LogP contribution >= 0.6 is 35.8 Å². The van der Waals surface area contributed by atoms with Crippen LogP contribution in [-0.2, 0) is 10.0 Å². The summed E-state index contributed by atoms with van der Waals surface area (Å²) in [6.07, 6.45) is 1.26. The van der Waals surface area contributed by atoms with Crippen LogP contribution in [0.15, 0.2) is 76.8 Å². The van der Waals surface area contributed by atoms with E-state index >= 15 is 0 Å². The van der Waals surface area contributed by atoms with Crippen molar-refractivity contribution < 1.29 is 17.6 Å². The lowest BCUT2D eigenvalue weighted by molar-refractivity contribution is 0.102. The summed E-state index contributed by atoms with van der Waals surface area (Å²) in [6, 6.07) is 14.0. The van der Waals surface area contributed by atoms with Gasteiger partial charge in [-0.15, -0.1) is 22.8 Å². The Morgan fingerprint density at radius 2 is 1.71 bits per heavy atom. The highest BCUT2D eigenvalue weighted by molar-refractivity contribution is 7.93. The molecule has 0 unspecified atom stereocenters. The maximum absolute atomic E-state index is 13.2. The van der Waals surface area contributed by atoms with Gasteiger partial charge in [0, 0.05) is 15.6 Å². The summed E-state index contributed by atoms with van der Waals surface area (Å²) in [5, 5.41) is 10.6. The molecule has 0 bridgehead atoms. The Labute approximate surface area is 209 Å². The second-order valence-corrected chi connectivity index (χ2v) is 9.84. The van der Waals surface area contributed by atoms with Crippen LogP contribution in [0.2, 0.25) is 10.0 Å². The normalized spacial score (nSPS) is 11.3. The van der Waals surface area contributed by atoms with Gasteiger partial charge in [-0.1, -0.05) is 23.2 Å². The van der Waals surface area contributed by atoms with Crippen LogP contribution in [0, 0.1) is 5.82 Å². The van der Waals surface area contributed by atoms with E-state index in [1.165, 1.54) is 41.2 Å². The van der Waals surface area contributed by atoms with E-state index < -0.39 is 21.7 Å². The highest BCUT2D eigenvalue weighted by Gasteiger charge is 2.24. The van der Waals surface area contributed by atoms with Crippen LogP contribution in [0.3, 0.4) is 0 Å². The molecule has 0 fully saturated rings. The molecule has 0 aliphatic heterocycles. The molecule has 0 atom stereocenters. The molecule has 13 heteroatoms. The van der Waals surface area contributed by atoms with E-state index in [4.69, 9.17) is 23.2 Å². The molecule has 0 saturated heterocycles. The minimum atomic E-state index is -4.28. The number of benzene rings is 3. The van der Waals surface area contributed by atoms with Gasteiger partial charge >= 0.3 is 0 Å². The molecule has 174 valence electrons. The molecular weight excluding hydrogens is 524 g/mol. The van der Waals surface area contributed by atoms with Gasteiger partial charge in [0.1, 0.15) is 17.0 Å². The molecule has 4 aromatic rings. The second-order valence-electron chi connectivity index (χ2n) is 6.87. The zero-order valence-corrected chi connectivity index (χ0v) is 20.1. The van der Waals surface area contributed by atoms with E-state index in [0.717, 1.165) is 6.07 Å². The summed E-state index contributed by atoms with van der Waals surface area (Å²) in [6.45, 7) is 0. The monoisotopic (exact) mass is 537 g/mol. The highest BCUT2D eigenvalue weighted by atomic mass is 35.5. The van der Waals surface area contributed by atoms with E-state index in [1.807, 2.05) is 0 Å². The van der Waals surface area contributed by atoms with E-state index in [0.29, 0.717) is 16.4 Å². The van der Waals surface area contributed by atoms with Gasteiger partial charge in [0.2, 0.25) is 5.95 Å². The Hall–Kier alpha value is -3.12. The number of anilines is 2. The Kier molecular flexibility index (Phi) is 6.80. The summed E-state index contributed by atoms with van der Waals surface area (Å²) in [4.78, 5) is 12.5. The van der Waals surface area contributed by atoms with Gasteiger partial charge in [-0.3, -0.25) is 9.36 Å². The lowest BCUT2D eigenvalue weighted by Crippen LogP contribution is -2.19. The van der Waals surface area contributed by atoms with Crippen LogP contribution in [0.4, 0.5) is 16.0 Å². The maximum Gasteiger partial charge on any atom is 0.265 e. The number of rotatable bonds is 6. The summed E-state index contributed by atoms with van der Waals surface area (Å²) < 4.78 is 43.2. The lowest BCUT2D eigenvalue weighted by atomic mass is 10.2. The van der Waals surface area contributed by atoms with Gasteiger partial charge in [-0.25, -0.2) is 17.5 Å². The number of thiol groups is 1. The Balaban J connectivity index is 1.65. The first-order valence-electron chi connectivity index (χ1n) is 9.42. The van der Waals surface area contributed by atoms with Gasteiger partial charge in [-0.05, 0) is 60.7 Å². The molecular formula is C21H14Cl2FN5O3S2. The molecule has 1 amide bonds. The molecule has 4 rings (SSSR count). The van der Waals surface area contributed by atoms with E-state index in [1.54, 1.807) is 24.3 Å². The first kappa shape index (κ1) is 24.0. The summed E-state index contributed by atoms with van der Waals surface area (Å²) >= 11 is 16.3. The van der Waals surface area contributed by atoms with Crippen LogP contribution in [0.1, 0.15) is 10.4 Å². The van der Waals surface area contributed by atoms with Crippen molar-refractivity contribution in [3.63, 3.8) is 0 Å². The fourth-order valence-electron chi connectivity index (χ4n) is 2.93. The van der Waals surface area contributed by atoms with Gasteiger partial charge in [-0.2, -0.15) is 0 Å². The van der Waals surface area contributed by atoms with E-state index in [-0.39, 0.29) is 26.3 Å². The van der Waals surface area contributed by atoms with Gasteiger partial charge in [0.25, 0.3) is 15.9 Å².